The Morgan fingerprint density at radius 2 is 1.28 bits per heavy atom. The van der Waals surface area contributed by atoms with E-state index in [1.165, 1.54) is 25.8 Å². The Hall–Kier alpha value is 1.04. The van der Waals surface area contributed by atoms with Crippen LogP contribution in [0.4, 0.5) is 0 Å². The van der Waals surface area contributed by atoms with Crippen molar-refractivity contribution >= 4 is 49.6 Å². The SMILES string of the molecule is CCCN(C)C(CCCN)CCCN.Cl.Cl.Cl.Cl. The minimum Gasteiger partial charge on any atom is -0.330 e. The van der Waals surface area contributed by atoms with Crippen molar-refractivity contribution in [1.82, 2.24) is 4.90 Å². The number of nitrogens with zero attached hydrogens (tertiary/aromatic N) is 1. The van der Waals surface area contributed by atoms with E-state index in [0.717, 1.165) is 25.9 Å². The molecule has 0 saturated carbocycles. The van der Waals surface area contributed by atoms with Gasteiger partial charge in [0.2, 0.25) is 0 Å². The lowest BCUT2D eigenvalue weighted by Gasteiger charge is -2.27. The maximum Gasteiger partial charge on any atom is 0.00931 e. The van der Waals surface area contributed by atoms with Gasteiger partial charge in [-0.15, -0.1) is 49.6 Å². The summed E-state index contributed by atoms with van der Waals surface area (Å²) in [7, 11) is 2.21. The number of halogens is 4. The Bertz CT molecular complexity index is 123. The van der Waals surface area contributed by atoms with Crippen LogP contribution in [0.15, 0.2) is 0 Å². The van der Waals surface area contributed by atoms with Crippen LogP contribution in [0.5, 0.6) is 0 Å². The second-order valence-electron chi connectivity index (χ2n) is 4.00. The molecular weight excluding hydrogens is 316 g/mol. The highest BCUT2D eigenvalue weighted by Gasteiger charge is 2.12. The molecule has 18 heavy (non-hydrogen) atoms. The lowest BCUT2D eigenvalue weighted by Crippen LogP contribution is -2.33. The zero-order chi connectivity index (χ0) is 10.8. The van der Waals surface area contributed by atoms with Crippen molar-refractivity contribution in [1.29, 1.82) is 0 Å². The summed E-state index contributed by atoms with van der Waals surface area (Å²) in [5, 5.41) is 0. The number of hydrogen-bond donors (Lipinski definition) is 2. The molecule has 3 nitrogen and oxygen atoms in total. The number of nitrogens with two attached hydrogens (primary N) is 2. The van der Waals surface area contributed by atoms with Crippen molar-refractivity contribution < 1.29 is 0 Å². The van der Waals surface area contributed by atoms with E-state index in [1.807, 2.05) is 0 Å². The predicted octanol–water partition coefficient (Wildman–Crippen LogP) is 2.86. The minimum atomic E-state index is 0. The molecule has 118 valence electrons. The van der Waals surface area contributed by atoms with Gasteiger partial charge in [0.05, 0.1) is 0 Å². The molecule has 0 bridgehead atoms. The van der Waals surface area contributed by atoms with E-state index in [9.17, 15) is 0 Å². The first kappa shape index (κ1) is 31.4. The van der Waals surface area contributed by atoms with Crippen LogP contribution in [-0.4, -0.2) is 37.6 Å². The van der Waals surface area contributed by atoms with E-state index in [2.05, 4.69) is 18.9 Å². The summed E-state index contributed by atoms with van der Waals surface area (Å²) in [5.74, 6) is 0. The van der Waals surface area contributed by atoms with Crippen molar-refractivity contribution in [2.24, 2.45) is 11.5 Å². The summed E-state index contributed by atoms with van der Waals surface area (Å²) in [4.78, 5) is 2.45. The van der Waals surface area contributed by atoms with Gasteiger partial charge in [-0.2, -0.15) is 0 Å². The van der Waals surface area contributed by atoms with Gasteiger partial charge in [-0.25, -0.2) is 0 Å². The molecule has 0 aliphatic heterocycles. The summed E-state index contributed by atoms with van der Waals surface area (Å²) in [6.07, 6.45) is 5.91. The molecule has 7 heteroatoms. The molecule has 0 aromatic rings. The van der Waals surface area contributed by atoms with E-state index >= 15 is 0 Å². The van der Waals surface area contributed by atoms with E-state index in [1.54, 1.807) is 0 Å². The van der Waals surface area contributed by atoms with Crippen LogP contribution in [0.3, 0.4) is 0 Å². The van der Waals surface area contributed by atoms with Gasteiger partial charge in [-0.05, 0) is 58.8 Å². The standard InChI is InChI=1S/C11H27N3.4ClH/c1-3-10-14(2)11(6-4-8-12)7-5-9-13;;;;/h11H,3-10,12-13H2,1-2H3;4*1H. The van der Waals surface area contributed by atoms with Gasteiger partial charge in [-0.1, -0.05) is 6.92 Å². The second kappa shape index (κ2) is 23.2. The van der Waals surface area contributed by atoms with E-state index < -0.39 is 0 Å². The average Bonchev–Trinajstić information content (AvgIpc) is 2.18. The Kier molecular flexibility index (Phi) is 40.4. The van der Waals surface area contributed by atoms with Crippen LogP contribution in [0.2, 0.25) is 0 Å². The fourth-order valence-electron chi connectivity index (χ4n) is 1.83. The zero-order valence-corrected chi connectivity index (χ0v) is 14.7. The zero-order valence-electron chi connectivity index (χ0n) is 11.5. The lowest BCUT2D eigenvalue weighted by atomic mass is 10.0. The molecule has 0 aliphatic carbocycles. The van der Waals surface area contributed by atoms with Crippen molar-refractivity contribution in [3.05, 3.63) is 0 Å². The smallest absolute Gasteiger partial charge is 0.00931 e. The molecule has 0 radical (unpaired) electrons. The van der Waals surface area contributed by atoms with Crippen LogP contribution in [0.25, 0.3) is 0 Å². The average molecular weight is 347 g/mol. The van der Waals surface area contributed by atoms with Crippen molar-refractivity contribution in [3.8, 4) is 0 Å². The van der Waals surface area contributed by atoms with Gasteiger partial charge < -0.3 is 16.4 Å². The Balaban J connectivity index is -0.000000141. The van der Waals surface area contributed by atoms with Crippen LogP contribution in [0.1, 0.15) is 39.0 Å². The van der Waals surface area contributed by atoms with Crippen LogP contribution >= 0.6 is 49.6 Å². The van der Waals surface area contributed by atoms with Crippen molar-refractivity contribution in [2.45, 2.75) is 45.1 Å². The maximum absolute atomic E-state index is 5.54. The molecule has 0 aliphatic rings. The molecule has 0 unspecified atom stereocenters. The number of rotatable bonds is 9. The number of hydrogen-bond acceptors (Lipinski definition) is 3. The fourth-order valence-corrected chi connectivity index (χ4v) is 1.83. The first-order valence-corrected chi connectivity index (χ1v) is 5.86. The molecule has 0 rings (SSSR count). The Morgan fingerprint density at radius 3 is 1.56 bits per heavy atom. The molecule has 0 aromatic carbocycles. The largest absolute Gasteiger partial charge is 0.330 e. The molecule has 0 aromatic heterocycles. The first-order valence-electron chi connectivity index (χ1n) is 5.86. The van der Waals surface area contributed by atoms with Gasteiger partial charge in [0.25, 0.3) is 0 Å². The summed E-state index contributed by atoms with van der Waals surface area (Å²) in [6.45, 7) is 5.01. The minimum absolute atomic E-state index is 0. The van der Waals surface area contributed by atoms with Crippen molar-refractivity contribution in [3.63, 3.8) is 0 Å². The highest BCUT2D eigenvalue weighted by atomic mass is 35.5. The van der Waals surface area contributed by atoms with E-state index in [0.29, 0.717) is 6.04 Å². The Morgan fingerprint density at radius 1 is 0.889 bits per heavy atom. The third kappa shape index (κ3) is 17.0. The van der Waals surface area contributed by atoms with Crippen molar-refractivity contribution in [2.75, 3.05) is 26.7 Å². The van der Waals surface area contributed by atoms with E-state index in [4.69, 9.17) is 11.5 Å². The summed E-state index contributed by atoms with van der Waals surface area (Å²) in [6, 6.07) is 0.682. The fraction of sp³-hybridized carbons (Fsp3) is 1.00. The quantitative estimate of drug-likeness (QED) is 0.674. The first-order chi connectivity index (χ1) is 6.76. The monoisotopic (exact) mass is 345 g/mol. The topological polar surface area (TPSA) is 55.3 Å². The van der Waals surface area contributed by atoms with Gasteiger partial charge >= 0.3 is 0 Å². The highest BCUT2D eigenvalue weighted by Crippen LogP contribution is 2.11. The van der Waals surface area contributed by atoms with Crippen LogP contribution < -0.4 is 11.5 Å². The van der Waals surface area contributed by atoms with Gasteiger partial charge in [0, 0.05) is 6.04 Å². The second-order valence-corrected chi connectivity index (χ2v) is 4.00. The molecular formula is C11H31Cl4N3. The summed E-state index contributed by atoms with van der Waals surface area (Å²) < 4.78 is 0. The van der Waals surface area contributed by atoms with Gasteiger partial charge in [0.1, 0.15) is 0 Å². The highest BCUT2D eigenvalue weighted by molar-refractivity contribution is 5.86. The van der Waals surface area contributed by atoms with Crippen LogP contribution in [-0.2, 0) is 0 Å². The Labute approximate surface area is 137 Å². The predicted molar refractivity (Wildman–Crippen MR) is 92.3 cm³/mol. The maximum atomic E-state index is 5.54. The third-order valence-corrected chi connectivity index (χ3v) is 2.68. The van der Waals surface area contributed by atoms with Gasteiger partial charge in [0.15, 0.2) is 0 Å². The summed E-state index contributed by atoms with van der Waals surface area (Å²) in [5.41, 5.74) is 11.1. The van der Waals surface area contributed by atoms with Gasteiger partial charge in [-0.3, -0.25) is 0 Å². The normalized spacial score (nSPS) is 9.00. The molecule has 0 amide bonds. The lowest BCUT2D eigenvalue weighted by molar-refractivity contribution is 0.214. The molecule has 0 spiro atoms. The summed E-state index contributed by atoms with van der Waals surface area (Å²) >= 11 is 0. The molecule has 0 heterocycles. The molecule has 4 N–H and O–H groups in total. The molecule has 0 atom stereocenters. The van der Waals surface area contributed by atoms with Crippen LogP contribution in [0, 0.1) is 0 Å². The third-order valence-electron chi connectivity index (χ3n) is 2.68. The van der Waals surface area contributed by atoms with E-state index in [-0.39, 0.29) is 49.6 Å². The molecule has 0 saturated heterocycles. The molecule has 0 fully saturated rings.